The highest BCUT2D eigenvalue weighted by Gasteiger charge is 2.50. The third-order valence-corrected chi connectivity index (χ3v) is 3.20. The second kappa shape index (κ2) is 4.61. The molecule has 1 aliphatic heterocycles. The van der Waals surface area contributed by atoms with Crippen molar-refractivity contribution in [3.63, 3.8) is 0 Å². The highest BCUT2D eigenvalue weighted by molar-refractivity contribution is 5.92. The number of carbonyl (C=O) groups excluding carboxylic acids is 1. The Morgan fingerprint density at radius 1 is 1.43 bits per heavy atom. The summed E-state index contributed by atoms with van der Waals surface area (Å²) in [5.41, 5.74) is 0.495. The predicted octanol–water partition coefficient (Wildman–Crippen LogP) is 1.90. The molecule has 0 aliphatic carbocycles. The van der Waals surface area contributed by atoms with E-state index in [9.17, 15) is 13.6 Å². The first-order chi connectivity index (χ1) is 9.85. The van der Waals surface area contributed by atoms with Gasteiger partial charge in [-0.1, -0.05) is 5.16 Å². The van der Waals surface area contributed by atoms with E-state index < -0.39 is 30.8 Å². The lowest BCUT2D eigenvalue weighted by Crippen LogP contribution is -2.32. The third kappa shape index (κ3) is 2.50. The molecule has 1 saturated heterocycles. The van der Waals surface area contributed by atoms with Crippen LogP contribution in [0.15, 0.2) is 15.0 Å². The molecule has 0 saturated carbocycles. The molecule has 9 heteroatoms. The highest BCUT2D eigenvalue weighted by Crippen LogP contribution is 2.41. The van der Waals surface area contributed by atoms with Crippen molar-refractivity contribution >= 4 is 5.91 Å². The monoisotopic (exact) mass is 298 g/mol. The highest BCUT2D eigenvalue weighted by atomic mass is 19.3. The maximum absolute atomic E-state index is 13.7. The lowest BCUT2D eigenvalue weighted by Gasteiger charge is -2.19. The summed E-state index contributed by atoms with van der Waals surface area (Å²) in [4.78, 5) is 13.3. The molecule has 2 aromatic rings. The van der Waals surface area contributed by atoms with Crippen LogP contribution in [0.4, 0.5) is 8.78 Å². The van der Waals surface area contributed by atoms with Crippen LogP contribution in [-0.4, -0.2) is 38.6 Å². The Bertz CT molecular complexity index is 682. The normalized spacial score (nSPS) is 21.0. The van der Waals surface area contributed by atoms with Crippen molar-refractivity contribution in [2.45, 2.75) is 32.2 Å². The lowest BCUT2D eigenvalue weighted by atomic mass is 10.2. The van der Waals surface area contributed by atoms with Crippen LogP contribution in [0, 0.1) is 13.8 Å². The maximum Gasteiger partial charge on any atom is 0.293 e. The Hall–Kier alpha value is -2.32. The summed E-state index contributed by atoms with van der Waals surface area (Å²) >= 11 is 0. The van der Waals surface area contributed by atoms with Crippen LogP contribution >= 0.6 is 0 Å². The van der Waals surface area contributed by atoms with E-state index in [0.717, 1.165) is 4.90 Å². The van der Waals surface area contributed by atoms with E-state index in [2.05, 4.69) is 15.4 Å². The number of likely N-dealkylation sites (tertiary alicyclic amines) is 1. The van der Waals surface area contributed by atoms with Gasteiger partial charge in [0.15, 0.2) is 0 Å². The van der Waals surface area contributed by atoms with Gasteiger partial charge in [-0.25, -0.2) is 8.78 Å². The van der Waals surface area contributed by atoms with Crippen molar-refractivity contribution in [1.29, 1.82) is 0 Å². The first kappa shape index (κ1) is 13.7. The fourth-order valence-corrected chi connectivity index (χ4v) is 2.30. The predicted molar refractivity (Wildman–Crippen MR) is 63.6 cm³/mol. The minimum absolute atomic E-state index is 0.00531. The number of hydrogen-bond acceptors (Lipinski definition) is 6. The molecule has 7 nitrogen and oxygen atoms in total. The number of aromatic nitrogens is 3. The van der Waals surface area contributed by atoms with Gasteiger partial charge in [0.05, 0.1) is 12.2 Å². The summed E-state index contributed by atoms with van der Waals surface area (Å²) < 4.78 is 37.4. The molecular weight excluding hydrogens is 286 g/mol. The largest absolute Gasteiger partial charge is 0.423 e. The van der Waals surface area contributed by atoms with Crippen molar-refractivity contribution in [2.75, 3.05) is 6.54 Å². The second-order valence-electron chi connectivity index (χ2n) is 5.00. The summed E-state index contributed by atoms with van der Waals surface area (Å²) in [6.45, 7) is 2.46. The van der Waals surface area contributed by atoms with Crippen molar-refractivity contribution in [2.24, 2.45) is 0 Å². The Kier molecular flexibility index (Phi) is 2.99. The van der Waals surface area contributed by atoms with Gasteiger partial charge in [-0.05, 0) is 6.92 Å². The minimum atomic E-state index is -3.02. The fourth-order valence-electron chi connectivity index (χ4n) is 2.30. The standard InChI is InChI=1S/C12H12F2N4O3/c1-6-3-9(21-17-6)11(19)18-5-12(13,14)4-8(18)10-16-15-7(2)20-10/h3,8H,4-5H2,1-2H3/t8-/m0/s1. The number of halogens is 2. The topological polar surface area (TPSA) is 85.3 Å². The zero-order valence-electron chi connectivity index (χ0n) is 11.3. The lowest BCUT2D eigenvalue weighted by molar-refractivity contribution is 0.0112. The molecule has 3 heterocycles. The van der Waals surface area contributed by atoms with E-state index in [1.165, 1.54) is 6.07 Å². The van der Waals surface area contributed by atoms with E-state index in [-0.39, 0.29) is 17.5 Å². The smallest absolute Gasteiger partial charge is 0.293 e. The second-order valence-corrected chi connectivity index (χ2v) is 5.00. The van der Waals surface area contributed by atoms with Gasteiger partial charge >= 0.3 is 0 Å². The quantitative estimate of drug-likeness (QED) is 0.841. The van der Waals surface area contributed by atoms with Crippen LogP contribution < -0.4 is 0 Å². The summed E-state index contributed by atoms with van der Waals surface area (Å²) in [6.07, 6.45) is -0.562. The van der Waals surface area contributed by atoms with E-state index >= 15 is 0 Å². The van der Waals surface area contributed by atoms with Gasteiger partial charge in [0.1, 0.15) is 6.04 Å². The molecule has 0 radical (unpaired) electrons. The van der Waals surface area contributed by atoms with E-state index in [1.54, 1.807) is 13.8 Å². The number of aryl methyl sites for hydroxylation is 2. The molecule has 1 amide bonds. The van der Waals surface area contributed by atoms with E-state index in [1.807, 2.05) is 0 Å². The van der Waals surface area contributed by atoms with Crippen molar-refractivity contribution in [1.82, 2.24) is 20.3 Å². The van der Waals surface area contributed by atoms with Crippen LogP contribution in [-0.2, 0) is 0 Å². The number of nitrogens with zero attached hydrogens (tertiary/aromatic N) is 4. The summed E-state index contributed by atoms with van der Waals surface area (Å²) in [6, 6.07) is 0.425. The van der Waals surface area contributed by atoms with Crippen LogP contribution in [0.25, 0.3) is 0 Å². The minimum Gasteiger partial charge on any atom is -0.423 e. The van der Waals surface area contributed by atoms with E-state index in [4.69, 9.17) is 8.94 Å². The number of rotatable bonds is 2. The van der Waals surface area contributed by atoms with Crippen molar-refractivity contribution in [3.8, 4) is 0 Å². The van der Waals surface area contributed by atoms with Gasteiger partial charge in [0.2, 0.25) is 17.5 Å². The zero-order chi connectivity index (χ0) is 15.2. The summed E-state index contributed by atoms with van der Waals surface area (Å²) in [7, 11) is 0. The Morgan fingerprint density at radius 3 is 2.76 bits per heavy atom. The van der Waals surface area contributed by atoms with Crippen LogP contribution in [0.3, 0.4) is 0 Å². The number of carbonyl (C=O) groups is 1. The average molecular weight is 298 g/mol. The molecule has 21 heavy (non-hydrogen) atoms. The Balaban J connectivity index is 1.92. The molecule has 0 bridgehead atoms. The third-order valence-electron chi connectivity index (χ3n) is 3.20. The molecule has 1 fully saturated rings. The molecule has 0 aromatic carbocycles. The molecular formula is C12H12F2N4O3. The Labute approximate surface area is 117 Å². The molecule has 0 unspecified atom stereocenters. The first-order valence-corrected chi connectivity index (χ1v) is 6.28. The molecule has 1 atom stereocenters. The average Bonchev–Trinajstić information content (AvgIpc) is 3.08. The van der Waals surface area contributed by atoms with Crippen LogP contribution in [0.1, 0.15) is 40.5 Å². The Morgan fingerprint density at radius 2 is 2.19 bits per heavy atom. The summed E-state index contributed by atoms with van der Waals surface area (Å²) in [5, 5.41) is 10.9. The van der Waals surface area contributed by atoms with Gasteiger partial charge in [0, 0.05) is 19.4 Å². The zero-order valence-corrected chi connectivity index (χ0v) is 11.3. The van der Waals surface area contributed by atoms with Gasteiger partial charge in [-0.3, -0.25) is 4.79 Å². The first-order valence-electron chi connectivity index (χ1n) is 6.28. The summed E-state index contributed by atoms with van der Waals surface area (Å²) in [5.74, 6) is -3.53. The van der Waals surface area contributed by atoms with Gasteiger partial charge in [-0.15, -0.1) is 10.2 Å². The maximum atomic E-state index is 13.7. The van der Waals surface area contributed by atoms with Crippen LogP contribution in [0.5, 0.6) is 0 Å². The molecule has 0 spiro atoms. The number of alkyl halides is 2. The van der Waals surface area contributed by atoms with Crippen molar-refractivity contribution < 1.29 is 22.5 Å². The van der Waals surface area contributed by atoms with Gasteiger partial charge < -0.3 is 13.8 Å². The van der Waals surface area contributed by atoms with Gasteiger partial charge in [-0.2, -0.15) is 0 Å². The van der Waals surface area contributed by atoms with Crippen molar-refractivity contribution in [3.05, 3.63) is 29.3 Å². The molecule has 2 aromatic heterocycles. The van der Waals surface area contributed by atoms with Crippen LogP contribution in [0.2, 0.25) is 0 Å². The van der Waals surface area contributed by atoms with Gasteiger partial charge in [0.25, 0.3) is 11.8 Å². The molecule has 112 valence electrons. The SMILES string of the molecule is Cc1cc(C(=O)N2CC(F)(F)C[C@H]2c2nnc(C)o2)on1. The molecule has 3 rings (SSSR count). The fraction of sp³-hybridized carbons (Fsp3) is 0.500. The number of amides is 1. The molecule has 0 N–H and O–H groups in total. The van der Waals surface area contributed by atoms with E-state index in [0.29, 0.717) is 5.69 Å². The molecule has 1 aliphatic rings. The number of hydrogen-bond donors (Lipinski definition) is 0.